The molecule has 1 aliphatic rings. The molecule has 0 saturated heterocycles. The summed E-state index contributed by atoms with van der Waals surface area (Å²) < 4.78 is -1.01. The number of hydrogen-bond donors (Lipinski definition) is 1. The third-order valence-electron chi connectivity index (χ3n) is 3.48. The number of nitrogens with zero attached hydrogens (tertiary/aromatic N) is 2. The molecule has 110 valence electrons. The van der Waals surface area contributed by atoms with E-state index < -0.39 is 9.75 Å². The van der Waals surface area contributed by atoms with E-state index in [9.17, 15) is 4.79 Å². The van der Waals surface area contributed by atoms with Crippen LogP contribution in [0.25, 0.3) is 10.6 Å². The van der Waals surface area contributed by atoms with E-state index >= 15 is 0 Å². The molecule has 2 aromatic rings. The number of rotatable bonds is 3. The molecule has 8 heteroatoms. The number of thiazole rings is 1. The van der Waals surface area contributed by atoms with Gasteiger partial charge in [0, 0.05) is 18.0 Å². The molecule has 1 N–H and O–H groups in total. The van der Waals surface area contributed by atoms with Crippen molar-refractivity contribution in [2.24, 2.45) is 5.41 Å². The second kappa shape index (κ2) is 5.09. The van der Waals surface area contributed by atoms with Gasteiger partial charge in [-0.3, -0.25) is 9.78 Å². The Bertz CT molecular complexity index is 704. The van der Waals surface area contributed by atoms with E-state index in [2.05, 4.69) is 15.3 Å². The van der Waals surface area contributed by atoms with Gasteiger partial charge in [-0.25, -0.2) is 4.98 Å². The topological polar surface area (TPSA) is 54.9 Å². The molecular formula is C13H10Cl3N3OS. The van der Waals surface area contributed by atoms with Crippen LogP contribution < -0.4 is 5.32 Å². The predicted molar refractivity (Wildman–Crippen MR) is 86.1 cm³/mol. The zero-order valence-corrected chi connectivity index (χ0v) is 13.9. The van der Waals surface area contributed by atoms with Gasteiger partial charge in [0.05, 0.1) is 5.41 Å². The van der Waals surface area contributed by atoms with Gasteiger partial charge in [0.15, 0.2) is 5.15 Å². The molecule has 1 aliphatic carbocycles. The SMILES string of the molecule is CC1(C(=O)Nc2sc(-c3cccnc3)nc2Cl)CC1(Cl)Cl. The van der Waals surface area contributed by atoms with E-state index in [0.717, 1.165) is 5.56 Å². The molecule has 0 aliphatic heterocycles. The number of carbonyl (C=O) groups is 1. The van der Waals surface area contributed by atoms with E-state index in [-0.39, 0.29) is 11.1 Å². The Morgan fingerprint density at radius 1 is 1.48 bits per heavy atom. The van der Waals surface area contributed by atoms with E-state index in [0.29, 0.717) is 16.4 Å². The van der Waals surface area contributed by atoms with Crippen molar-refractivity contribution in [1.29, 1.82) is 0 Å². The molecule has 1 saturated carbocycles. The first kappa shape index (κ1) is 15.0. The normalized spacial score (nSPS) is 22.9. The van der Waals surface area contributed by atoms with E-state index in [4.69, 9.17) is 34.8 Å². The average molecular weight is 363 g/mol. The van der Waals surface area contributed by atoms with Crippen LogP contribution in [0.1, 0.15) is 13.3 Å². The Morgan fingerprint density at radius 2 is 2.19 bits per heavy atom. The van der Waals surface area contributed by atoms with Gasteiger partial charge in [0.2, 0.25) is 5.91 Å². The maximum Gasteiger partial charge on any atom is 0.234 e. The van der Waals surface area contributed by atoms with Crippen LogP contribution in [0.2, 0.25) is 5.15 Å². The lowest BCUT2D eigenvalue weighted by Gasteiger charge is -2.11. The molecular weight excluding hydrogens is 353 g/mol. The first-order chi connectivity index (χ1) is 9.83. The van der Waals surface area contributed by atoms with Crippen molar-refractivity contribution in [2.45, 2.75) is 17.7 Å². The lowest BCUT2D eigenvalue weighted by atomic mass is 10.1. The Morgan fingerprint density at radius 3 is 2.76 bits per heavy atom. The predicted octanol–water partition coefficient (Wildman–Crippen LogP) is 4.38. The van der Waals surface area contributed by atoms with Crippen LogP contribution in [-0.4, -0.2) is 20.2 Å². The fraction of sp³-hybridized carbons (Fsp3) is 0.308. The summed E-state index contributed by atoms with van der Waals surface area (Å²) in [4.78, 5) is 20.5. The van der Waals surface area contributed by atoms with Gasteiger partial charge < -0.3 is 5.32 Å². The molecule has 21 heavy (non-hydrogen) atoms. The maximum absolute atomic E-state index is 12.2. The average Bonchev–Trinajstić information content (AvgIpc) is 2.78. The standard InChI is InChI=1S/C13H10Cl3N3OS/c1-12(6-13(12,15)16)11(20)19-10-8(14)18-9(21-10)7-3-2-4-17-5-7/h2-5H,6H2,1H3,(H,19,20). The molecule has 4 nitrogen and oxygen atoms in total. The largest absolute Gasteiger partial charge is 0.315 e. The fourth-order valence-electron chi connectivity index (χ4n) is 1.88. The van der Waals surface area contributed by atoms with Gasteiger partial charge in [-0.1, -0.05) is 22.9 Å². The number of halogens is 3. The van der Waals surface area contributed by atoms with Gasteiger partial charge in [-0.15, -0.1) is 23.2 Å². The molecule has 0 spiro atoms. The lowest BCUT2D eigenvalue weighted by Crippen LogP contribution is -2.25. The van der Waals surface area contributed by atoms with Crippen molar-refractivity contribution < 1.29 is 4.79 Å². The van der Waals surface area contributed by atoms with Crippen LogP contribution in [0.4, 0.5) is 5.00 Å². The summed E-state index contributed by atoms with van der Waals surface area (Å²) in [6.45, 7) is 1.72. The van der Waals surface area contributed by atoms with Gasteiger partial charge in [0.25, 0.3) is 0 Å². The zero-order valence-electron chi connectivity index (χ0n) is 10.9. The number of pyridine rings is 1. The summed E-state index contributed by atoms with van der Waals surface area (Å²) in [7, 11) is 0. The minimum atomic E-state index is -1.01. The third-order valence-corrected chi connectivity index (χ3v) is 5.99. The van der Waals surface area contributed by atoms with Crippen molar-refractivity contribution in [2.75, 3.05) is 5.32 Å². The minimum absolute atomic E-state index is 0.242. The van der Waals surface area contributed by atoms with Crippen LogP contribution in [0.3, 0.4) is 0 Å². The van der Waals surface area contributed by atoms with E-state index in [1.54, 1.807) is 19.3 Å². The molecule has 1 unspecified atom stereocenters. The Balaban J connectivity index is 1.82. The molecule has 2 heterocycles. The highest BCUT2D eigenvalue weighted by Crippen LogP contribution is 2.64. The van der Waals surface area contributed by atoms with Gasteiger partial charge in [-0.2, -0.15) is 0 Å². The minimum Gasteiger partial charge on any atom is -0.315 e. The molecule has 0 aromatic carbocycles. The number of alkyl halides is 2. The van der Waals surface area contributed by atoms with Crippen LogP contribution in [0.5, 0.6) is 0 Å². The summed E-state index contributed by atoms with van der Waals surface area (Å²) in [6, 6.07) is 3.68. The number of hydrogen-bond acceptors (Lipinski definition) is 4. The van der Waals surface area contributed by atoms with E-state index in [1.807, 2.05) is 12.1 Å². The summed E-state index contributed by atoms with van der Waals surface area (Å²) in [5, 5.41) is 4.17. The Kier molecular flexibility index (Phi) is 3.64. The van der Waals surface area contributed by atoms with Crippen molar-refractivity contribution in [3.8, 4) is 10.6 Å². The van der Waals surface area contributed by atoms with Crippen LogP contribution in [-0.2, 0) is 4.79 Å². The van der Waals surface area contributed by atoms with Crippen molar-refractivity contribution in [3.63, 3.8) is 0 Å². The van der Waals surface area contributed by atoms with Crippen LogP contribution in [0.15, 0.2) is 24.5 Å². The summed E-state index contributed by atoms with van der Waals surface area (Å²) in [5.74, 6) is -0.254. The Labute approximate surface area is 140 Å². The molecule has 0 radical (unpaired) electrons. The monoisotopic (exact) mass is 361 g/mol. The second-order valence-corrected chi connectivity index (χ2v) is 7.89. The summed E-state index contributed by atoms with van der Waals surface area (Å²) in [6.07, 6.45) is 3.78. The molecule has 2 aromatic heterocycles. The summed E-state index contributed by atoms with van der Waals surface area (Å²) in [5.41, 5.74) is 0.0457. The van der Waals surface area contributed by atoms with Crippen molar-refractivity contribution >= 4 is 57.0 Å². The Hall–Kier alpha value is -0.880. The number of aromatic nitrogens is 2. The lowest BCUT2D eigenvalue weighted by molar-refractivity contribution is -0.120. The van der Waals surface area contributed by atoms with Gasteiger partial charge in [0.1, 0.15) is 14.3 Å². The van der Waals surface area contributed by atoms with Gasteiger partial charge in [-0.05, 0) is 25.5 Å². The zero-order chi connectivity index (χ0) is 15.3. The second-order valence-electron chi connectivity index (χ2n) is 5.05. The number of carbonyl (C=O) groups excluding carboxylic acids is 1. The highest BCUT2D eigenvalue weighted by Gasteiger charge is 2.68. The van der Waals surface area contributed by atoms with Crippen LogP contribution in [0, 0.1) is 5.41 Å². The van der Waals surface area contributed by atoms with Crippen molar-refractivity contribution in [3.05, 3.63) is 29.7 Å². The number of anilines is 1. The van der Waals surface area contributed by atoms with Crippen LogP contribution >= 0.6 is 46.1 Å². The molecule has 1 fully saturated rings. The highest BCUT2D eigenvalue weighted by molar-refractivity contribution is 7.19. The fourth-order valence-corrected chi connectivity index (χ4v) is 3.72. The summed E-state index contributed by atoms with van der Waals surface area (Å²) >= 11 is 19.4. The smallest absolute Gasteiger partial charge is 0.234 e. The molecule has 3 rings (SSSR count). The molecule has 0 bridgehead atoms. The van der Waals surface area contributed by atoms with E-state index in [1.165, 1.54) is 11.3 Å². The number of nitrogens with one attached hydrogen (secondary N) is 1. The van der Waals surface area contributed by atoms with Crippen molar-refractivity contribution in [1.82, 2.24) is 9.97 Å². The first-order valence-electron chi connectivity index (χ1n) is 6.09. The van der Waals surface area contributed by atoms with Gasteiger partial charge >= 0.3 is 0 Å². The maximum atomic E-state index is 12.2. The number of amides is 1. The quantitative estimate of drug-likeness (QED) is 0.824. The molecule has 1 atom stereocenters. The highest BCUT2D eigenvalue weighted by atomic mass is 35.5. The molecule has 1 amide bonds. The first-order valence-corrected chi connectivity index (χ1v) is 8.04. The third kappa shape index (κ3) is 2.63.